The Hall–Kier alpha value is -4.45. The van der Waals surface area contributed by atoms with E-state index >= 15 is 0 Å². The van der Waals surface area contributed by atoms with Crippen LogP contribution < -0.4 is 0 Å². The Morgan fingerprint density at radius 2 is 1.43 bits per heavy atom. The summed E-state index contributed by atoms with van der Waals surface area (Å²) >= 11 is 0. The van der Waals surface area contributed by atoms with Gasteiger partial charge in [0.15, 0.2) is 31.3 Å². The Bertz CT molecular complexity index is 1990. The average Bonchev–Trinajstić information content (AvgIpc) is 3.67. The number of aliphatic hydroxyl groups is 1. The lowest BCUT2D eigenvalue weighted by atomic mass is 9.86. The van der Waals surface area contributed by atoms with Gasteiger partial charge >= 0.3 is 11.9 Å². The number of nitrogens with zero attached hydrogens (tertiary/aromatic N) is 3. The van der Waals surface area contributed by atoms with Gasteiger partial charge in [0.25, 0.3) is 0 Å². The van der Waals surface area contributed by atoms with Crippen LogP contribution in [0.1, 0.15) is 92.9 Å². The molecule has 16 heteroatoms. The van der Waals surface area contributed by atoms with E-state index in [9.17, 15) is 14.7 Å². The quantitative estimate of drug-likeness (QED) is 0.0401. The van der Waals surface area contributed by atoms with E-state index < -0.39 is 104 Å². The number of hydrogen-bond acceptors (Lipinski definition) is 14. The first-order valence-electron chi connectivity index (χ1n) is 23.0. The van der Waals surface area contributed by atoms with Gasteiger partial charge < -0.3 is 52.5 Å². The van der Waals surface area contributed by atoms with Crippen LogP contribution in [0.5, 0.6) is 0 Å². The zero-order valence-corrected chi connectivity index (χ0v) is 37.7. The normalized spacial score (nSPS) is 33.8. The Morgan fingerprint density at radius 3 is 2.11 bits per heavy atom. The highest BCUT2D eigenvalue weighted by Gasteiger charge is 2.57. The van der Waals surface area contributed by atoms with Gasteiger partial charge in [-0.25, -0.2) is 9.59 Å². The topological polar surface area (TPSA) is 195 Å². The highest BCUT2D eigenvalue weighted by Crippen LogP contribution is 2.43. The number of hydrogen-bond donors (Lipinski definition) is 1. The molecule has 0 saturated carbocycles. The monoisotopic (exact) mass is 901 g/mol. The fourth-order valence-corrected chi connectivity index (χ4v) is 8.83. The molecule has 0 aliphatic carbocycles. The van der Waals surface area contributed by atoms with E-state index in [0.29, 0.717) is 30.7 Å². The summed E-state index contributed by atoms with van der Waals surface area (Å²) in [6.07, 6.45) is -6.90. The lowest BCUT2D eigenvalue weighted by Crippen LogP contribution is -2.61. The molecule has 0 spiro atoms. The first-order chi connectivity index (χ1) is 31.6. The van der Waals surface area contributed by atoms with Gasteiger partial charge in [0.1, 0.15) is 24.9 Å². The van der Waals surface area contributed by atoms with Gasteiger partial charge in [-0.15, -0.1) is 0 Å². The van der Waals surface area contributed by atoms with Crippen LogP contribution >= 0.6 is 0 Å². The van der Waals surface area contributed by atoms with Crippen LogP contribution in [0.2, 0.25) is 0 Å². The third kappa shape index (κ3) is 11.9. The maximum absolute atomic E-state index is 14.1. The summed E-state index contributed by atoms with van der Waals surface area (Å²) in [4.78, 5) is 29.8. The number of azide groups is 1. The number of carbonyl (C=O) groups is 2. The molecule has 4 fully saturated rings. The zero-order chi connectivity index (χ0) is 45.9. The predicted octanol–water partition coefficient (Wildman–Crippen LogP) is 7.94. The molecule has 7 rings (SSSR count). The van der Waals surface area contributed by atoms with Crippen LogP contribution in [0, 0.1) is 23.7 Å². The van der Waals surface area contributed by atoms with E-state index in [1.807, 2.05) is 77.1 Å². The van der Waals surface area contributed by atoms with Gasteiger partial charge in [0, 0.05) is 41.4 Å². The van der Waals surface area contributed by atoms with Gasteiger partial charge in [-0.05, 0) is 48.6 Å². The number of fused-ring (bicyclic) bond motifs is 1. The first kappa shape index (κ1) is 48.5. The molecule has 4 saturated heterocycles. The number of aliphatic hydroxyl groups excluding tert-OH is 1. The number of esters is 2. The molecule has 3 aromatic rings. The van der Waals surface area contributed by atoms with Crippen molar-refractivity contribution >= 4 is 11.9 Å². The van der Waals surface area contributed by atoms with Crippen molar-refractivity contribution in [2.24, 2.45) is 28.8 Å². The van der Waals surface area contributed by atoms with Crippen molar-refractivity contribution < 1.29 is 62.1 Å². The number of ether oxygens (including phenoxy) is 10. The SMILES string of the molecule is CC[C@@H](C)C1OC(OC2C(C)C(OCCCCCN=[N+]=[N-])OC3COC(c4ccccc4)OC32)C(OC(=O)c2ccccc2)C1OC1OC(COC(=O)c2ccccc2)C(C)C(O)C1C. The van der Waals surface area contributed by atoms with Crippen LogP contribution in [0.25, 0.3) is 10.4 Å². The molecule has 65 heavy (non-hydrogen) atoms. The Morgan fingerprint density at radius 1 is 0.769 bits per heavy atom. The Balaban J connectivity index is 1.16. The van der Waals surface area contributed by atoms with Crippen LogP contribution in [0.4, 0.5) is 0 Å². The molecule has 16 nitrogen and oxygen atoms in total. The first-order valence-corrected chi connectivity index (χ1v) is 23.0. The molecule has 0 bridgehead atoms. The molecular weight excluding hydrogens is 839 g/mol. The van der Waals surface area contributed by atoms with E-state index in [4.69, 9.17) is 52.9 Å². The zero-order valence-electron chi connectivity index (χ0n) is 37.7. The summed E-state index contributed by atoms with van der Waals surface area (Å²) in [6, 6.07) is 27.0. The molecule has 352 valence electrons. The lowest BCUT2D eigenvalue weighted by molar-refractivity contribution is -0.370. The van der Waals surface area contributed by atoms with Gasteiger partial charge in [-0.1, -0.05) is 119 Å². The summed E-state index contributed by atoms with van der Waals surface area (Å²) in [6.45, 7) is 10.6. The molecule has 0 amide bonds. The summed E-state index contributed by atoms with van der Waals surface area (Å²) in [5, 5.41) is 15.2. The molecule has 4 heterocycles. The molecule has 16 atom stereocenters. The summed E-state index contributed by atoms with van der Waals surface area (Å²) in [7, 11) is 0. The van der Waals surface area contributed by atoms with Gasteiger partial charge in [-0.2, -0.15) is 0 Å². The molecule has 1 N–H and O–H groups in total. The van der Waals surface area contributed by atoms with Crippen molar-refractivity contribution in [2.45, 2.75) is 134 Å². The second-order valence-electron chi connectivity index (χ2n) is 17.5. The summed E-state index contributed by atoms with van der Waals surface area (Å²) in [5.41, 5.74) is 10.2. The van der Waals surface area contributed by atoms with Crippen molar-refractivity contribution in [1.29, 1.82) is 0 Å². The molecule has 0 aromatic heterocycles. The number of carbonyl (C=O) groups excluding carboxylic acids is 2. The summed E-state index contributed by atoms with van der Waals surface area (Å²) in [5.74, 6) is -2.58. The fraction of sp³-hybridized carbons (Fsp3) is 0.592. The van der Waals surface area contributed by atoms with Crippen molar-refractivity contribution in [3.8, 4) is 0 Å². The van der Waals surface area contributed by atoms with Crippen molar-refractivity contribution in [3.63, 3.8) is 0 Å². The van der Waals surface area contributed by atoms with Crippen molar-refractivity contribution in [1.82, 2.24) is 0 Å². The van der Waals surface area contributed by atoms with Crippen molar-refractivity contribution in [3.05, 3.63) is 118 Å². The standard InChI is InChI=1S/C49H63N3O13/c1-6-29(2)39-42(65-47-31(4)38(53)30(3)36(59-47)27-57-44(54)33-19-11-7-12-20-33)43(61-45(55)34-21-13-8-14-22-34)49(62-39)63-40-32(5)46(56-26-18-10-17-25-51-52-50)60-37-28-58-48(64-41(37)40)35-23-15-9-16-24-35/h7-9,11-16,19-24,29-32,36-43,46-49,53H,6,10,17-18,25-28H2,1-5H3/t29-,30?,31?,32?,36?,37?,38?,39?,40?,41?,42?,43?,46?,47?,48?,49?/m1/s1. The van der Waals surface area contributed by atoms with E-state index in [0.717, 1.165) is 24.8 Å². The third-order valence-corrected chi connectivity index (χ3v) is 13.0. The second kappa shape index (κ2) is 23.3. The van der Waals surface area contributed by atoms with E-state index in [1.54, 1.807) is 48.5 Å². The van der Waals surface area contributed by atoms with Crippen molar-refractivity contribution in [2.75, 3.05) is 26.4 Å². The van der Waals surface area contributed by atoms with Crippen LogP contribution in [-0.4, -0.2) is 111 Å². The molecule has 4 aliphatic rings. The number of benzene rings is 3. The predicted molar refractivity (Wildman–Crippen MR) is 235 cm³/mol. The molecule has 4 aliphatic heterocycles. The van der Waals surface area contributed by atoms with Gasteiger partial charge in [0.05, 0.1) is 42.1 Å². The molecular formula is C49H63N3O13. The fourth-order valence-electron chi connectivity index (χ4n) is 8.83. The van der Waals surface area contributed by atoms with Gasteiger partial charge in [-0.3, -0.25) is 0 Å². The molecule has 3 aromatic carbocycles. The minimum absolute atomic E-state index is 0.117. The Labute approximate surface area is 380 Å². The third-order valence-electron chi connectivity index (χ3n) is 13.0. The molecule has 15 unspecified atom stereocenters. The van der Waals surface area contributed by atoms with Gasteiger partial charge in [0.2, 0.25) is 0 Å². The van der Waals surface area contributed by atoms with Crippen LogP contribution in [0.3, 0.4) is 0 Å². The van der Waals surface area contributed by atoms with Crippen LogP contribution in [0.15, 0.2) is 96.1 Å². The lowest BCUT2D eigenvalue weighted by Gasteiger charge is -2.49. The highest BCUT2D eigenvalue weighted by molar-refractivity contribution is 5.89. The highest BCUT2D eigenvalue weighted by atomic mass is 16.8. The maximum atomic E-state index is 14.1. The summed E-state index contributed by atoms with van der Waals surface area (Å²) < 4.78 is 65.3. The largest absolute Gasteiger partial charge is 0.459 e. The smallest absolute Gasteiger partial charge is 0.338 e. The maximum Gasteiger partial charge on any atom is 0.338 e. The minimum atomic E-state index is -1.16. The van der Waals surface area contributed by atoms with E-state index in [2.05, 4.69) is 10.0 Å². The van der Waals surface area contributed by atoms with E-state index in [-0.39, 0.29) is 19.1 Å². The second-order valence-corrected chi connectivity index (χ2v) is 17.5. The molecule has 0 radical (unpaired) electrons. The minimum Gasteiger partial charge on any atom is -0.459 e. The number of unbranched alkanes of at least 4 members (excludes halogenated alkanes) is 2. The van der Waals surface area contributed by atoms with E-state index in [1.165, 1.54) is 0 Å². The van der Waals surface area contributed by atoms with Crippen LogP contribution in [-0.2, 0) is 47.4 Å². The number of rotatable bonds is 19. The Kier molecular flexibility index (Phi) is 17.4. The average molecular weight is 902 g/mol.